The summed E-state index contributed by atoms with van der Waals surface area (Å²) in [5.74, 6) is -0.730. The molecule has 7 heteroatoms. The molecule has 2 heterocycles. The van der Waals surface area contributed by atoms with Crippen molar-refractivity contribution in [3.8, 4) is 5.75 Å². The Kier molecular flexibility index (Phi) is 6.23. The van der Waals surface area contributed by atoms with E-state index in [1.807, 2.05) is 83.4 Å². The van der Waals surface area contributed by atoms with Gasteiger partial charge in [0, 0.05) is 6.54 Å². The minimum atomic E-state index is -1.05. The summed E-state index contributed by atoms with van der Waals surface area (Å²) < 4.78 is 12.9. The summed E-state index contributed by atoms with van der Waals surface area (Å²) >= 11 is 0. The van der Waals surface area contributed by atoms with Crippen LogP contribution in [-0.4, -0.2) is 41.7 Å². The van der Waals surface area contributed by atoms with Crippen molar-refractivity contribution in [3.63, 3.8) is 0 Å². The molecule has 5 rings (SSSR count). The first-order valence-corrected chi connectivity index (χ1v) is 11.7. The molecule has 3 aromatic carbocycles. The van der Waals surface area contributed by atoms with Crippen LogP contribution < -0.4 is 9.64 Å². The summed E-state index contributed by atoms with van der Waals surface area (Å²) in [5.41, 5.74) is 3.49. The minimum absolute atomic E-state index is 0.189. The molecule has 0 saturated heterocycles. The van der Waals surface area contributed by atoms with E-state index in [1.165, 1.54) is 0 Å². The third kappa shape index (κ3) is 4.14. The largest absolute Gasteiger partial charge is 0.497 e. The molecular weight excluding hydrogens is 442 g/mol. The van der Waals surface area contributed by atoms with Crippen LogP contribution >= 0.6 is 0 Å². The van der Waals surface area contributed by atoms with Crippen LogP contribution in [-0.2, 0) is 20.7 Å². The van der Waals surface area contributed by atoms with E-state index in [4.69, 9.17) is 14.5 Å². The molecule has 0 spiro atoms. The van der Waals surface area contributed by atoms with Crippen LogP contribution in [0.4, 0.5) is 5.95 Å². The van der Waals surface area contributed by atoms with Gasteiger partial charge in [0.15, 0.2) is 5.92 Å². The summed E-state index contributed by atoms with van der Waals surface area (Å²) in [6, 6.07) is 24.6. The fourth-order valence-corrected chi connectivity index (χ4v) is 4.77. The van der Waals surface area contributed by atoms with Crippen molar-refractivity contribution in [1.29, 1.82) is 0 Å². The van der Waals surface area contributed by atoms with Crippen molar-refractivity contribution in [2.45, 2.75) is 19.4 Å². The molecule has 0 N–H and O–H groups in total. The second-order valence-electron chi connectivity index (χ2n) is 8.45. The SMILES string of the molecule is CCOC(=O)[C@@H]1C(=O)N(CCc2ccccc2)c2nc3ccccc3n2[C@H]1c1cccc(OC)c1. The molecule has 1 amide bonds. The molecule has 0 fully saturated rings. The first-order chi connectivity index (χ1) is 17.1. The Bertz CT molecular complexity index is 1370. The predicted octanol–water partition coefficient (Wildman–Crippen LogP) is 4.40. The fraction of sp³-hybridized carbons (Fsp3) is 0.250. The normalized spacial score (nSPS) is 17.3. The molecule has 178 valence electrons. The lowest BCUT2D eigenvalue weighted by Crippen LogP contribution is -2.50. The van der Waals surface area contributed by atoms with E-state index < -0.39 is 17.9 Å². The molecule has 0 radical (unpaired) electrons. The Hall–Kier alpha value is -4.13. The van der Waals surface area contributed by atoms with Crippen LogP contribution in [0, 0.1) is 5.92 Å². The van der Waals surface area contributed by atoms with E-state index in [0.29, 0.717) is 24.7 Å². The summed E-state index contributed by atoms with van der Waals surface area (Å²) in [4.78, 5) is 33.8. The van der Waals surface area contributed by atoms with E-state index in [1.54, 1.807) is 18.9 Å². The van der Waals surface area contributed by atoms with Crippen molar-refractivity contribution in [2.75, 3.05) is 25.2 Å². The average Bonchev–Trinajstić information content (AvgIpc) is 3.27. The van der Waals surface area contributed by atoms with Crippen molar-refractivity contribution >= 4 is 28.9 Å². The number of anilines is 1. The van der Waals surface area contributed by atoms with Gasteiger partial charge in [-0.3, -0.25) is 14.5 Å². The molecule has 1 aliphatic heterocycles. The maximum absolute atomic E-state index is 14.0. The highest BCUT2D eigenvalue weighted by atomic mass is 16.5. The van der Waals surface area contributed by atoms with Crippen molar-refractivity contribution < 1.29 is 19.1 Å². The number of hydrogen-bond acceptors (Lipinski definition) is 5. The maximum atomic E-state index is 14.0. The predicted molar refractivity (Wildman–Crippen MR) is 133 cm³/mol. The number of hydrogen-bond donors (Lipinski definition) is 0. The zero-order valence-corrected chi connectivity index (χ0v) is 19.8. The highest BCUT2D eigenvalue weighted by molar-refractivity contribution is 6.08. The molecule has 1 aromatic heterocycles. The van der Waals surface area contributed by atoms with Crippen molar-refractivity contribution in [2.24, 2.45) is 5.92 Å². The third-order valence-electron chi connectivity index (χ3n) is 6.39. The van der Waals surface area contributed by atoms with Gasteiger partial charge in [-0.05, 0) is 48.7 Å². The summed E-state index contributed by atoms with van der Waals surface area (Å²) in [6.07, 6.45) is 0.634. The summed E-state index contributed by atoms with van der Waals surface area (Å²) in [7, 11) is 1.59. The number of imidazole rings is 1. The third-order valence-corrected chi connectivity index (χ3v) is 6.39. The molecule has 7 nitrogen and oxygen atoms in total. The van der Waals surface area contributed by atoms with E-state index >= 15 is 0 Å². The monoisotopic (exact) mass is 469 g/mol. The number of benzene rings is 3. The maximum Gasteiger partial charge on any atom is 0.321 e. The zero-order valence-electron chi connectivity index (χ0n) is 19.8. The van der Waals surface area contributed by atoms with E-state index in [-0.39, 0.29) is 12.5 Å². The van der Waals surface area contributed by atoms with Crippen LogP contribution in [0.1, 0.15) is 24.1 Å². The van der Waals surface area contributed by atoms with Gasteiger partial charge in [0.25, 0.3) is 0 Å². The topological polar surface area (TPSA) is 73.7 Å². The summed E-state index contributed by atoms with van der Waals surface area (Å²) in [5, 5.41) is 0. The van der Waals surface area contributed by atoms with Gasteiger partial charge in [-0.2, -0.15) is 0 Å². The molecule has 4 aromatic rings. The van der Waals surface area contributed by atoms with Gasteiger partial charge >= 0.3 is 5.97 Å². The smallest absolute Gasteiger partial charge is 0.321 e. The van der Waals surface area contributed by atoms with Crippen LogP contribution in [0.5, 0.6) is 5.75 Å². The van der Waals surface area contributed by atoms with Gasteiger partial charge in [-0.25, -0.2) is 4.98 Å². The minimum Gasteiger partial charge on any atom is -0.497 e. The van der Waals surface area contributed by atoms with Gasteiger partial charge in [-0.15, -0.1) is 0 Å². The van der Waals surface area contributed by atoms with Gasteiger partial charge in [0.2, 0.25) is 11.9 Å². The van der Waals surface area contributed by atoms with Gasteiger partial charge in [0.1, 0.15) is 5.75 Å². The van der Waals surface area contributed by atoms with Crippen molar-refractivity contribution in [3.05, 3.63) is 90.0 Å². The molecule has 35 heavy (non-hydrogen) atoms. The Morgan fingerprint density at radius 1 is 1.00 bits per heavy atom. The number of amides is 1. The lowest BCUT2D eigenvalue weighted by molar-refractivity contribution is -0.153. The Morgan fingerprint density at radius 2 is 1.77 bits per heavy atom. The van der Waals surface area contributed by atoms with Crippen molar-refractivity contribution in [1.82, 2.24) is 9.55 Å². The first kappa shape index (κ1) is 22.7. The van der Waals surface area contributed by atoms with E-state index in [9.17, 15) is 9.59 Å². The summed E-state index contributed by atoms with van der Waals surface area (Å²) in [6.45, 7) is 2.33. The molecular formula is C28H27N3O4. The number of carbonyl (C=O) groups is 2. The van der Waals surface area contributed by atoms with Crippen LogP contribution in [0.2, 0.25) is 0 Å². The van der Waals surface area contributed by atoms with Crippen LogP contribution in [0.25, 0.3) is 11.0 Å². The van der Waals surface area contributed by atoms with E-state index in [0.717, 1.165) is 22.2 Å². The molecule has 0 saturated carbocycles. The highest BCUT2D eigenvalue weighted by Crippen LogP contribution is 2.42. The number of carbonyl (C=O) groups excluding carboxylic acids is 2. The van der Waals surface area contributed by atoms with Gasteiger partial charge in [0.05, 0.1) is 30.8 Å². The van der Waals surface area contributed by atoms with E-state index in [2.05, 4.69) is 0 Å². The lowest BCUT2D eigenvalue weighted by Gasteiger charge is -2.38. The molecule has 0 unspecified atom stereocenters. The average molecular weight is 470 g/mol. The number of aromatic nitrogens is 2. The molecule has 1 aliphatic rings. The Morgan fingerprint density at radius 3 is 2.54 bits per heavy atom. The molecule has 2 atom stereocenters. The Balaban J connectivity index is 1.69. The second-order valence-corrected chi connectivity index (χ2v) is 8.45. The highest BCUT2D eigenvalue weighted by Gasteiger charge is 2.47. The standard InChI is InChI=1S/C28H27N3O4/c1-3-35-27(33)24-25(20-12-9-13-21(18-20)34-2)31-23-15-8-7-14-22(23)29-28(31)30(26(24)32)17-16-19-10-5-4-6-11-19/h4-15,18,24-25H,3,16-17H2,1-2H3/t24-,25-/m0/s1. The van der Waals surface area contributed by atoms with Crippen LogP contribution in [0.15, 0.2) is 78.9 Å². The first-order valence-electron chi connectivity index (χ1n) is 11.7. The number of para-hydroxylation sites is 2. The molecule has 0 bridgehead atoms. The fourth-order valence-electron chi connectivity index (χ4n) is 4.77. The van der Waals surface area contributed by atoms with Gasteiger partial charge < -0.3 is 14.0 Å². The number of nitrogens with zero attached hydrogens (tertiary/aromatic N) is 3. The quantitative estimate of drug-likeness (QED) is 0.296. The molecule has 0 aliphatic carbocycles. The number of ether oxygens (including phenoxy) is 2. The Labute approximate surface area is 203 Å². The van der Waals surface area contributed by atoms with Crippen LogP contribution in [0.3, 0.4) is 0 Å². The number of rotatable bonds is 7. The lowest BCUT2D eigenvalue weighted by atomic mass is 9.89. The second kappa shape index (κ2) is 9.62. The van der Waals surface area contributed by atoms with Gasteiger partial charge in [-0.1, -0.05) is 54.6 Å². The number of esters is 1. The number of fused-ring (bicyclic) bond motifs is 3. The zero-order chi connectivity index (χ0) is 24.4. The number of methoxy groups -OCH3 is 1.